The number of fused-ring (bicyclic) bond motifs is 2. The van der Waals surface area contributed by atoms with Crippen LogP contribution in [-0.2, 0) is 0 Å². The minimum Gasteiger partial charge on any atom is -0.290 e. The van der Waals surface area contributed by atoms with E-state index in [1.54, 1.807) is 0 Å². The number of rotatable bonds is 5. The molecule has 0 bridgehead atoms. The van der Waals surface area contributed by atoms with Crippen molar-refractivity contribution in [3.8, 4) is 17.1 Å². The Hall–Kier alpha value is -4.64. The van der Waals surface area contributed by atoms with Crippen molar-refractivity contribution in [2.24, 2.45) is 0 Å². The standard InChI is InChI=1S/C37H26N2SSi/c1-4-13-28(14-5-1)41(29-15-6-2-7-16-29,30-17-8-3-9-18-30)31-25-23-27(24-26-31)37-38-32-19-12-22-35-36(32)39(37)33-20-10-11-21-34(33)40-35/h1-26H. The lowest BCUT2D eigenvalue weighted by molar-refractivity contribution is 1.04. The minimum absolute atomic E-state index is 0.984. The number of imidazole rings is 1. The van der Waals surface area contributed by atoms with Crippen molar-refractivity contribution >= 4 is 51.6 Å². The second-order valence-corrected chi connectivity index (χ2v) is 15.3. The van der Waals surface area contributed by atoms with Gasteiger partial charge in [-0.1, -0.05) is 145 Å². The zero-order chi connectivity index (χ0) is 27.2. The molecular weight excluding hydrogens is 533 g/mol. The Balaban J connectivity index is 1.36. The number of aromatic nitrogens is 2. The van der Waals surface area contributed by atoms with Crippen LogP contribution in [0.3, 0.4) is 0 Å². The van der Waals surface area contributed by atoms with E-state index in [4.69, 9.17) is 4.98 Å². The molecule has 41 heavy (non-hydrogen) atoms. The van der Waals surface area contributed by atoms with E-state index < -0.39 is 8.07 Å². The van der Waals surface area contributed by atoms with E-state index in [1.807, 2.05) is 11.8 Å². The van der Waals surface area contributed by atoms with Crippen molar-refractivity contribution in [3.05, 3.63) is 158 Å². The molecule has 0 spiro atoms. The highest BCUT2D eigenvalue weighted by atomic mass is 32.2. The number of para-hydroxylation sites is 2. The average Bonchev–Trinajstić information content (AvgIpc) is 3.45. The van der Waals surface area contributed by atoms with E-state index in [0.29, 0.717) is 0 Å². The molecule has 6 aromatic carbocycles. The third kappa shape index (κ3) is 3.76. The van der Waals surface area contributed by atoms with Crippen LogP contribution >= 0.6 is 11.8 Å². The second-order valence-electron chi connectivity index (χ2n) is 10.4. The van der Waals surface area contributed by atoms with Gasteiger partial charge >= 0.3 is 0 Å². The SMILES string of the molecule is c1ccc([Si](c2ccccc2)(c2ccccc2)c2ccc(-c3nc4cccc5c4n3-c3ccccc3S5)cc2)cc1. The lowest BCUT2D eigenvalue weighted by atomic mass is 10.2. The highest BCUT2D eigenvalue weighted by Gasteiger charge is 2.41. The summed E-state index contributed by atoms with van der Waals surface area (Å²) in [5, 5.41) is 5.49. The maximum absolute atomic E-state index is 5.18. The number of hydrogen-bond donors (Lipinski definition) is 0. The van der Waals surface area contributed by atoms with Gasteiger partial charge in [0, 0.05) is 15.4 Å². The first-order valence-electron chi connectivity index (χ1n) is 13.9. The summed E-state index contributed by atoms with van der Waals surface area (Å²) in [7, 11) is -2.56. The van der Waals surface area contributed by atoms with Crippen LogP contribution in [0, 0.1) is 0 Å². The predicted octanol–water partition coefficient (Wildman–Crippen LogP) is 6.53. The van der Waals surface area contributed by atoms with Crippen LogP contribution in [0.15, 0.2) is 168 Å². The highest BCUT2D eigenvalue weighted by molar-refractivity contribution is 7.99. The number of hydrogen-bond acceptors (Lipinski definition) is 2. The molecule has 1 aromatic heterocycles. The van der Waals surface area contributed by atoms with E-state index in [-0.39, 0.29) is 0 Å². The van der Waals surface area contributed by atoms with Crippen molar-refractivity contribution in [3.63, 3.8) is 0 Å². The fourth-order valence-corrected chi connectivity index (χ4v) is 12.2. The molecule has 2 nitrogen and oxygen atoms in total. The lowest BCUT2D eigenvalue weighted by Crippen LogP contribution is -2.74. The molecule has 0 saturated heterocycles. The molecule has 0 saturated carbocycles. The Labute approximate surface area is 245 Å². The summed E-state index contributed by atoms with van der Waals surface area (Å²) in [6.45, 7) is 0. The maximum Gasteiger partial charge on any atom is 0.179 e. The predicted molar refractivity (Wildman–Crippen MR) is 174 cm³/mol. The van der Waals surface area contributed by atoms with Crippen molar-refractivity contribution in [1.82, 2.24) is 9.55 Å². The topological polar surface area (TPSA) is 17.8 Å². The smallest absolute Gasteiger partial charge is 0.179 e. The average molecular weight is 559 g/mol. The van der Waals surface area contributed by atoms with E-state index >= 15 is 0 Å². The van der Waals surface area contributed by atoms with Gasteiger partial charge in [-0.25, -0.2) is 4.98 Å². The molecule has 2 heterocycles. The summed E-state index contributed by atoms with van der Waals surface area (Å²) in [6, 6.07) is 57.5. The van der Waals surface area contributed by atoms with E-state index in [9.17, 15) is 0 Å². The molecule has 8 rings (SSSR count). The first-order chi connectivity index (χ1) is 20.3. The lowest BCUT2D eigenvalue weighted by Gasteiger charge is -2.34. The van der Waals surface area contributed by atoms with Crippen LogP contribution in [-0.4, -0.2) is 17.6 Å². The van der Waals surface area contributed by atoms with Crippen LogP contribution in [0.25, 0.3) is 28.1 Å². The fourth-order valence-electron chi connectivity index (χ4n) is 6.39. The Kier molecular flexibility index (Phi) is 5.76. The van der Waals surface area contributed by atoms with Crippen molar-refractivity contribution < 1.29 is 0 Å². The number of nitrogens with zero attached hydrogens (tertiary/aromatic N) is 2. The van der Waals surface area contributed by atoms with Crippen molar-refractivity contribution in [1.29, 1.82) is 0 Å². The molecule has 0 aliphatic carbocycles. The minimum atomic E-state index is -2.56. The van der Waals surface area contributed by atoms with Crippen LogP contribution in [0.2, 0.25) is 0 Å². The van der Waals surface area contributed by atoms with Crippen LogP contribution < -0.4 is 20.7 Å². The highest BCUT2D eigenvalue weighted by Crippen LogP contribution is 2.44. The second kappa shape index (κ2) is 9.77. The molecule has 4 heteroatoms. The van der Waals surface area contributed by atoms with Gasteiger partial charge in [-0.3, -0.25) is 4.57 Å². The van der Waals surface area contributed by atoms with E-state index in [1.165, 1.54) is 41.7 Å². The molecule has 0 unspecified atom stereocenters. The monoisotopic (exact) mass is 558 g/mol. The van der Waals surface area contributed by atoms with Gasteiger partial charge in [0.05, 0.1) is 16.7 Å². The summed E-state index contributed by atoms with van der Waals surface area (Å²) in [4.78, 5) is 7.69. The quantitative estimate of drug-likeness (QED) is 0.176. The van der Waals surface area contributed by atoms with Gasteiger partial charge < -0.3 is 0 Å². The summed E-state index contributed by atoms with van der Waals surface area (Å²) in [6.07, 6.45) is 0. The molecule has 1 aliphatic rings. The zero-order valence-corrected chi connectivity index (χ0v) is 24.1. The fraction of sp³-hybridized carbons (Fsp3) is 0. The van der Waals surface area contributed by atoms with Gasteiger partial charge in [-0.15, -0.1) is 0 Å². The summed E-state index contributed by atoms with van der Waals surface area (Å²) in [5.74, 6) is 0.984. The van der Waals surface area contributed by atoms with Gasteiger partial charge in [0.2, 0.25) is 0 Å². The summed E-state index contributed by atoms with van der Waals surface area (Å²) in [5.41, 5.74) is 4.54. The molecule has 1 aliphatic heterocycles. The third-order valence-electron chi connectivity index (χ3n) is 8.16. The summed E-state index contributed by atoms with van der Waals surface area (Å²) >= 11 is 1.83. The molecule has 0 fully saturated rings. The Morgan fingerprint density at radius 1 is 0.463 bits per heavy atom. The Morgan fingerprint density at radius 2 is 0.976 bits per heavy atom. The van der Waals surface area contributed by atoms with Gasteiger partial charge in [0.25, 0.3) is 0 Å². The van der Waals surface area contributed by atoms with Crippen LogP contribution in [0.1, 0.15) is 0 Å². The molecule has 0 N–H and O–H groups in total. The van der Waals surface area contributed by atoms with E-state index in [0.717, 1.165) is 16.9 Å². The zero-order valence-electron chi connectivity index (χ0n) is 22.3. The summed E-state index contributed by atoms with van der Waals surface area (Å²) < 4.78 is 2.35. The van der Waals surface area contributed by atoms with Crippen LogP contribution in [0.5, 0.6) is 0 Å². The normalized spacial score (nSPS) is 12.3. The van der Waals surface area contributed by atoms with Crippen LogP contribution in [0.4, 0.5) is 0 Å². The number of benzene rings is 6. The molecular formula is C37H26N2SSi. The first kappa shape index (κ1) is 24.2. The molecule has 0 amide bonds. The largest absolute Gasteiger partial charge is 0.290 e. The van der Waals surface area contributed by atoms with Crippen molar-refractivity contribution in [2.45, 2.75) is 9.79 Å². The maximum atomic E-state index is 5.18. The van der Waals surface area contributed by atoms with Gasteiger partial charge in [0.1, 0.15) is 5.82 Å². The molecule has 0 atom stereocenters. The van der Waals surface area contributed by atoms with Gasteiger partial charge in [-0.2, -0.15) is 0 Å². The Bertz CT molecular complexity index is 1900. The molecule has 7 aromatic rings. The Morgan fingerprint density at radius 3 is 1.59 bits per heavy atom. The third-order valence-corrected chi connectivity index (χ3v) is 14.1. The first-order valence-corrected chi connectivity index (χ1v) is 16.7. The molecule has 0 radical (unpaired) electrons. The van der Waals surface area contributed by atoms with Crippen molar-refractivity contribution in [2.75, 3.05) is 0 Å². The van der Waals surface area contributed by atoms with Gasteiger partial charge in [-0.05, 0) is 45.0 Å². The van der Waals surface area contributed by atoms with Gasteiger partial charge in [0.15, 0.2) is 8.07 Å². The van der Waals surface area contributed by atoms with E-state index in [2.05, 4.69) is 162 Å². The molecule has 194 valence electrons.